The van der Waals surface area contributed by atoms with E-state index in [1.165, 1.54) is 17.3 Å². The number of carbonyl (C=O) groups is 2. The number of carbonyl (C=O) groups excluding carboxylic acids is 2. The minimum Gasteiger partial charge on any atom is -0.351 e. The highest BCUT2D eigenvalue weighted by Crippen LogP contribution is 2.35. The Morgan fingerprint density at radius 2 is 2.21 bits per heavy atom. The first-order chi connectivity index (χ1) is 9.06. The highest BCUT2D eigenvalue weighted by molar-refractivity contribution is 8.39. The van der Waals surface area contributed by atoms with Crippen LogP contribution in [0.25, 0.3) is 0 Å². The fraction of sp³-hybridized carbons (Fsp3) is 0.250. The van der Waals surface area contributed by atoms with Crippen LogP contribution in [-0.2, 0) is 10.5 Å². The molecule has 1 aromatic carbocycles. The zero-order valence-corrected chi connectivity index (χ0v) is 11.9. The molecule has 0 saturated carbocycles. The van der Waals surface area contributed by atoms with Gasteiger partial charge < -0.3 is 5.73 Å². The summed E-state index contributed by atoms with van der Waals surface area (Å²) in [7, 11) is 0. The molecule has 100 valence electrons. The van der Waals surface area contributed by atoms with Crippen molar-refractivity contribution >= 4 is 45.5 Å². The molecule has 0 aliphatic carbocycles. The van der Waals surface area contributed by atoms with Gasteiger partial charge in [-0.15, -0.1) is 0 Å². The molecule has 7 heteroatoms. The number of nitrogens with one attached hydrogen (secondary N) is 1. The molecule has 1 aromatic rings. The largest absolute Gasteiger partial charge is 0.351 e. The lowest BCUT2D eigenvalue weighted by atomic mass is 10.2. The molecule has 0 bridgehead atoms. The summed E-state index contributed by atoms with van der Waals surface area (Å²) in [6, 6.07) is 7.07. The lowest BCUT2D eigenvalue weighted by molar-refractivity contribution is -0.119. The van der Waals surface area contributed by atoms with Crippen molar-refractivity contribution in [1.29, 1.82) is 0 Å². The van der Waals surface area contributed by atoms with E-state index < -0.39 is 17.2 Å². The summed E-state index contributed by atoms with van der Waals surface area (Å²) in [5.41, 5.74) is 7.03. The lowest BCUT2D eigenvalue weighted by Crippen LogP contribution is -2.39. The number of thioether (sulfide) groups is 2. The van der Waals surface area contributed by atoms with Gasteiger partial charge >= 0.3 is 6.03 Å². The summed E-state index contributed by atoms with van der Waals surface area (Å²) in [6.45, 7) is 1.71. The molecule has 1 aliphatic heterocycles. The first kappa shape index (κ1) is 14.0. The third-order valence-corrected chi connectivity index (χ3v) is 4.74. The van der Waals surface area contributed by atoms with Crippen LogP contribution in [0.3, 0.4) is 0 Å². The number of primary amides is 1. The number of hydrogen-bond donors (Lipinski definition) is 2. The molecule has 1 atom stereocenters. The predicted octanol–water partition coefficient (Wildman–Crippen LogP) is 2.24. The molecule has 5 nitrogen and oxygen atoms in total. The molecular weight excluding hydrogens is 282 g/mol. The maximum Gasteiger partial charge on any atom is 0.318 e. The summed E-state index contributed by atoms with van der Waals surface area (Å²) in [5.74, 6) is 0.436. The Labute approximate surface area is 119 Å². The maximum atomic E-state index is 11.6. The second kappa shape index (κ2) is 6.12. The van der Waals surface area contributed by atoms with Crippen LogP contribution >= 0.6 is 23.5 Å². The van der Waals surface area contributed by atoms with E-state index in [4.69, 9.17) is 5.73 Å². The van der Waals surface area contributed by atoms with E-state index in [-0.39, 0.29) is 0 Å². The summed E-state index contributed by atoms with van der Waals surface area (Å²) in [5, 5.41) is 1.65. The van der Waals surface area contributed by atoms with Gasteiger partial charge in [-0.1, -0.05) is 41.7 Å². The standard InChI is InChI=1S/C12H13N3O2S2/c1-7(10(16)15-11(13)17)19-12-14-9-5-3-2-4-8(9)6-18-12/h2-5,7H,6H2,1H3,(H3,13,15,16,17). The number of amides is 3. The van der Waals surface area contributed by atoms with Crippen LogP contribution in [0.15, 0.2) is 29.3 Å². The Morgan fingerprint density at radius 3 is 2.95 bits per heavy atom. The predicted molar refractivity (Wildman–Crippen MR) is 79.6 cm³/mol. The molecule has 19 heavy (non-hydrogen) atoms. The van der Waals surface area contributed by atoms with Gasteiger partial charge in [0.15, 0.2) is 0 Å². The number of benzene rings is 1. The fourth-order valence-corrected chi connectivity index (χ4v) is 3.69. The number of rotatable bonds is 2. The average Bonchev–Trinajstić information content (AvgIpc) is 2.37. The highest BCUT2D eigenvalue weighted by atomic mass is 32.2. The summed E-state index contributed by atoms with van der Waals surface area (Å²) < 4.78 is 0.825. The van der Waals surface area contributed by atoms with Gasteiger partial charge in [0.1, 0.15) is 4.38 Å². The van der Waals surface area contributed by atoms with Gasteiger partial charge in [-0.2, -0.15) is 0 Å². The van der Waals surface area contributed by atoms with Crippen molar-refractivity contribution in [3.8, 4) is 0 Å². The summed E-state index contributed by atoms with van der Waals surface area (Å²) in [4.78, 5) is 26.7. The Balaban J connectivity index is 2.03. The average molecular weight is 295 g/mol. The van der Waals surface area contributed by atoms with Crippen LogP contribution in [-0.4, -0.2) is 21.6 Å². The van der Waals surface area contributed by atoms with Crippen molar-refractivity contribution < 1.29 is 9.59 Å². The molecule has 0 saturated heterocycles. The Hall–Kier alpha value is -1.47. The number of hydrogen-bond acceptors (Lipinski definition) is 5. The van der Waals surface area contributed by atoms with E-state index >= 15 is 0 Å². The lowest BCUT2D eigenvalue weighted by Gasteiger charge is -2.16. The third kappa shape index (κ3) is 3.74. The maximum absolute atomic E-state index is 11.6. The van der Waals surface area contributed by atoms with Crippen LogP contribution in [0.1, 0.15) is 12.5 Å². The molecule has 1 heterocycles. The van der Waals surface area contributed by atoms with Crippen molar-refractivity contribution in [2.45, 2.75) is 17.9 Å². The Kier molecular flexibility index (Phi) is 4.49. The molecule has 1 unspecified atom stereocenters. The Morgan fingerprint density at radius 1 is 1.47 bits per heavy atom. The van der Waals surface area contributed by atoms with Crippen molar-refractivity contribution in [1.82, 2.24) is 5.32 Å². The normalized spacial score (nSPS) is 15.1. The monoisotopic (exact) mass is 295 g/mol. The molecule has 0 spiro atoms. The number of urea groups is 1. The fourth-order valence-electron chi connectivity index (χ4n) is 1.50. The second-order valence-electron chi connectivity index (χ2n) is 3.91. The number of fused-ring (bicyclic) bond motifs is 1. The van der Waals surface area contributed by atoms with Gasteiger partial charge in [-0.3, -0.25) is 10.1 Å². The van der Waals surface area contributed by atoms with Crippen LogP contribution in [0, 0.1) is 0 Å². The minimum atomic E-state index is -0.832. The van der Waals surface area contributed by atoms with Gasteiger partial charge in [0, 0.05) is 5.75 Å². The van der Waals surface area contributed by atoms with E-state index in [1.54, 1.807) is 18.7 Å². The molecule has 2 rings (SSSR count). The van der Waals surface area contributed by atoms with Crippen LogP contribution in [0.2, 0.25) is 0 Å². The molecule has 1 aliphatic rings. The van der Waals surface area contributed by atoms with Gasteiger partial charge in [0.2, 0.25) is 5.91 Å². The van der Waals surface area contributed by atoms with Crippen molar-refractivity contribution in [2.24, 2.45) is 10.7 Å². The number of nitrogens with two attached hydrogens (primary N) is 1. The van der Waals surface area contributed by atoms with Crippen molar-refractivity contribution in [2.75, 3.05) is 0 Å². The van der Waals surface area contributed by atoms with Gasteiger partial charge in [-0.05, 0) is 18.6 Å². The van der Waals surface area contributed by atoms with Gasteiger partial charge in [0.05, 0.1) is 10.9 Å². The SMILES string of the molecule is CC(SC1=Nc2ccccc2CS1)C(=O)NC(N)=O. The number of para-hydroxylation sites is 1. The molecule has 3 N–H and O–H groups in total. The van der Waals surface area contributed by atoms with E-state index in [2.05, 4.69) is 10.3 Å². The zero-order chi connectivity index (χ0) is 13.8. The number of aliphatic imine (C=N–C) groups is 1. The topological polar surface area (TPSA) is 84.6 Å². The summed E-state index contributed by atoms with van der Waals surface area (Å²) in [6.07, 6.45) is 0. The zero-order valence-electron chi connectivity index (χ0n) is 10.3. The van der Waals surface area contributed by atoms with Crippen LogP contribution in [0.4, 0.5) is 10.5 Å². The smallest absolute Gasteiger partial charge is 0.318 e. The first-order valence-corrected chi connectivity index (χ1v) is 7.49. The second-order valence-corrected chi connectivity index (χ2v) is 6.46. The first-order valence-electron chi connectivity index (χ1n) is 5.62. The number of nitrogens with zero attached hydrogens (tertiary/aromatic N) is 1. The van der Waals surface area contributed by atoms with Crippen LogP contribution in [0.5, 0.6) is 0 Å². The summed E-state index contributed by atoms with van der Waals surface area (Å²) >= 11 is 2.91. The van der Waals surface area contributed by atoms with E-state index in [1.807, 2.05) is 24.3 Å². The molecule has 3 amide bonds. The molecule has 0 fully saturated rings. The van der Waals surface area contributed by atoms with Gasteiger partial charge in [0.25, 0.3) is 0 Å². The van der Waals surface area contributed by atoms with E-state index in [0.29, 0.717) is 0 Å². The van der Waals surface area contributed by atoms with Crippen molar-refractivity contribution in [3.05, 3.63) is 29.8 Å². The van der Waals surface area contributed by atoms with E-state index in [0.717, 1.165) is 15.8 Å². The quantitative estimate of drug-likeness (QED) is 0.876. The van der Waals surface area contributed by atoms with Crippen LogP contribution < -0.4 is 11.1 Å². The third-order valence-electron chi connectivity index (χ3n) is 2.45. The molecular formula is C12H13N3O2S2. The number of imide groups is 1. The Bertz CT molecular complexity index is 546. The molecule has 0 aromatic heterocycles. The van der Waals surface area contributed by atoms with Crippen molar-refractivity contribution in [3.63, 3.8) is 0 Å². The minimum absolute atomic E-state index is 0.403. The highest BCUT2D eigenvalue weighted by Gasteiger charge is 2.20. The molecule has 0 radical (unpaired) electrons. The van der Waals surface area contributed by atoms with Gasteiger partial charge in [-0.25, -0.2) is 9.79 Å². The van der Waals surface area contributed by atoms with E-state index in [9.17, 15) is 9.59 Å².